The molecule has 0 unspecified atom stereocenters. The fourth-order valence-corrected chi connectivity index (χ4v) is 4.38. The standard InChI is InChI=1S/C25H30F2N6O/c1-28-25-31-22(15-23(32-25)33-11-5-6-12-33)30-21(13-17-7-3-2-4-8-17)24(34)29-16-18-9-10-19(26)14-20(18)27/h5-6,9-12,14-15,17,21H,2-4,7-8,13,16H2,1H3,(H,29,34)(H2,28,30,31,32)/t21-/m1/s1. The molecule has 2 heterocycles. The topological polar surface area (TPSA) is 83.9 Å². The normalized spacial score (nSPS) is 15.0. The lowest BCUT2D eigenvalue weighted by molar-refractivity contribution is -0.122. The van der Waals surface area contributed by atoms with Crippen molar-refractivity contribution in [2.45, 2.75) is 51.1 Å². The zero-order valence-corrected chi connectivity index (χ0v) is 19.2. The summed E-state index contributed by atoms with van der Waals surface area (Å²) in [6.07, 6.45) is 10.1. The molecule has 1 aliphatic rings. The van der Waals surface area contributed by atoms with Crippen molar-refractivity contribution >= 4 is 17.7 Å². The van der Waals surface area contributed by atoms with Crippen LogP contribution in [0.1, 0.15) is 44.1 Å². The number of carbonyl (C=O) groups is 1. The highest BCUT2D eigenvalue weighted by molar-refractivity contribution is 5.84. The lowest BCUT2D eigenvalue weighted by Gasteiger charge is -2.27. The van der Waals surface area contributed by atoms with E-state index in [-0.39, 0.29) is 18.0 Å². The Bertz CT molecular complexity index is 1100. The van der Waals surface area contributed by atoms with Crippen LogP contribution in [-0.2, 0) is 11.3 Å². The summed E-state index contributed by atoms with van der Waals surface area (Å²) in [6.45, 7) is -0.0199. The molecule has 3 N–H and O–H groups in total. The number of hydrogen-bond acceptors (Lipinski definition) is 5. The summed E-state index contributed by atoms with van der Waals surface area (Å²) in [5, 5.41) is 9.07. The summed E-state index contributed by atoms with van der Waals surface area (Å²) < 4.78 is 29.1. The zero-order valence-electron chi connectivity index (χ0n) is 19.2. The van der Waals surface area contributed by atoms with Crippen LogP contribution in [0, 0.1) is 17.6 Å². The van der Waals surface area contributed by atoms with E-state index in [0.29, 0.717) is 29.9 Å². The summed E-state index contributed by atoms with van der Waals surface area (Å²) in [5.74, 6) is 0.466. The number of amides is 1. The molecule has 0 spiro atoms. The second-order valence-corrected chi connectivity index (χ2v) is 8.67. The molecule has 1 atom stereocenters. The maximum Gasteiger partial charge on any atom is 0.242 e. The maximum atomic E-state index is 14.1. The van der Waals surface area contributed by atoms with E-state index in [1.54, 1.807) is 13.1 Å². The van der Waals surface area contributed by atoms with Gasteiger partial charge in [0.15, 0.2) is 0 Å². The van der Waals surface area contributed by atoms with E-state index in [2.05, 4.69) is 25.9 Å². The Labute approximate surface area is 198 Å². The highest BCUT2D eigenvalue weighted by atomic mass is 19.1. The van der Waals surface area contributed by atoms with Crippen LogP contribution >= 0.6 is 0 Å². The van der Waals surface area contributed by atoms with Crippen molar-refractivity contribution < 1.29 is 13.6 Å². The number of nitrogens with one attached hydrogen (secondary N) is 3. The van der Waals surface area contributed by atoms with Gasteiger partial charge >= 0.3 is 0 Å². The van der Waals surface area contributed by atoms with Crippen LogP contribution in [0.15, 0.2) is 48.8 Å². The summed E-state index contributed by atoms with van der Waals surface area (Å²) in [4.78, 5) is 22.2. The lowest BCUT2D eigenvalue weighted by Crippen LogP contribution is -2.41. The van der Waals surface area contributed by atoms with E-state index in [0.717, 1.165) is 31.7 Å². The van der Waals surface area contributed by atoms with Gasteiger partial charge < -0.3 is 20.5 Å². The van der Waals surface area contributed by atoms with Crippen molar-refractivity contribution in [1.82, 2.24) is 19.9 Å². The molecular formula is C25H30F2N6O. The third kappa shape index (κ3) is 6.09. The first-order valence-corrected chi connectivity index (χ1v) is 11.7. The van der Waals surface area contributed by atoms with E-state index in [9.17, 15) is 13.6 Å². The first-order valence-electron chi connectivity index (χ1n) is 11.7. The van der Waals surface area contributed by atoms with Crippen LogP contribution < -0.4 is 16.0 Å². The van der Waals surface area contributed by atoms with Crippen LogP contribution in [0.4, 0.5) is 20.5 Å². The van der Waals surface area contributed by atoms with E-state index in [1.165, 1.54) is 18.6 Å². The number of carbonyl (C=O) groups excluding carboxylic acids is 1. The highest BCUT2D eigenvalue weighted by Gasteiger charge is 2.25. The summed E-state index contributed by atoms with van der Waals surface area (Å²) in [6, 6.07) is 8.41. The lowest BCUT2D eigenvalue weighted by atomic mass is 9.84. The Hall–Kier alpha value is -3.49. The van der Waals surface area contributed by atoms with E-state index in [1.807, 2.05) is 29.1 Å². The van der Waals surface area contributed by atoms with Crippen LogP contribution in [0.25, 0.3) is 5.82 Å². The summed E-state index contributed by atoms with van der Waals surface area (Å²) >= 11 is 0. The van der Waals surface area contributed by atoms with Crippen molar-refractivity contribution in [3.8, 4) is 5.82 Å². The molecule has 2 aromatic heterocycles. The van der Waals surface area contributed by atoms with Crippen LogP contribution in [0.5, 0.6) is 0 Å². The molecule has 0 saturated heterocycles. The Morgan fingerprint density at radius 3 is 2.59 bits per heavy atom. The summed E-state index contributed by atoms with van der Waals surface area (Å²) in [7, 11) is 1.74. The average molecular weight is 469 g/mol. The SMILES string of the molecule is CNc1nc(N[C@H](CC2CCCCC2)C(=O)NCc2ccc(F)cc2F)cc(-n2cccc2)n1. The molecule has 1 amide bonds. The van der Waals surface area contributed by atoms with Crippen molar-refractivity contribution in [2.75, 3.05) is 17.7 Å². The fourth-order valence-electron chi connectivity index (χ4n) is 4.38. The van der Waals surface area contributed by atoms with Gasteiger partial charge in [0, 0.05) is 43.7 Å². The number of halogens is 2. The van der Waals surface area contributed by atoms with Crippen LogP contribution in [-0.4, -0.2) is 33.5 Å². The van der Waals surface area contributed by atoms with Gasteiger partial charge in [0.2, 0.25) is 11.9 Å². The maximum absolute atomic E-state index is 14.1. The number of aromatic nitrogens is 3. The van der Waals surface area contributed by atoms with Gasteiger partial charge in [-0.2, -0.15) is 9.97 Å². The van der Waals surface area contributed by atoms with Crippen molar-refractivity contribution in [2.24, 2.45) is 5.92 Å². The van der Waals surface area contributed by atoms with Crippen molar-refractivity contribution in [3.05, 3.63) is 66.0 Å². The Kier molecular flexibility index (Phi) is 7.72. The molecule has 0 radical (unpaired) electrons. The van der Waals surface area contributed by atoms with Gasteiger partial charge in [-0.3, -0.25) is 4.79 Å². The molecule has 180 valence electrons. The van der Waals surface area contributed by atoms with Gasteiger partial charge in [0.25, 0.3) is 0 Å². The minimum Gasteiger partial charge on any atom is -0.358 e. The molecule has 1 saturated carbocycles. The largest absolute Gasteiger partial charge is 0.358 e. The zero-order chi connectivity index (χ0) is 23.9. The fraction of sp³-hybridized carbons (Fsp3) is 0.400. The number of hydrogen-bond donors (Lipinski definition) is 3. The monoisotopic (exact) mass is 468 g/mol. The smallest absolute Gasteiger partial charge is 0.242 e. The number of rotatable bonds is 9. The molecule has 9 heteroatoms. The molecule has 1 aromatic carbocycles. The molecular weight excluding hydrogens is 438 g/mol. The van der Waals surface area contributed by atoms with E-state index < -0.39 is 17.7 Å². The van der Waals surface area contributed by atoms with E-state index in [4.69, 9.17) is 0 Å². The van der Waals surface area contributed by atoms with Gasteiger partial charge in [-0.15, -0.1) is 0 Å². The van der Waals surface area contributed by atoms with Gasteiger partial charge in [-0.1, -0.05) is 38.2 Å². The number of anilines is 2. The minimum absolute atomic E-state index is 0.0199. The molecule has 0 bridgehead atoms. The van der Waals surface area contributed by atoms with Gasteiger partial charge in [-0.25, -0.2) is 8.78 Å². The molecule has 7 nitrogen and oxygen atoms in total. The van der Waals surface area contributed by atoms with Crippen LogP contribution in [0.2, 0.25) is 0 Å². The third-order valence-electron chi connectivity index (χ3n) is 6.21. The molecule has 0 aliphatic heterocycles. The van der Waals surface area contributed by atoms with Gasteiger partial charge in [0.1, 0.15) is 29.3 Å². The van der Waals surface area contributed by atoms with E-state index >= 15 is 0 Å². The number of nitrogens with zero attached hydrogens (tertiary/aromatic N) is 3. The molecule has 3 aromatic rings. The van der Waals surface area contributed by atoms with Gasteiger partial charge in [0.05, 0.1) is 0 Å². The number of benzene rings is 1. The Balaban J connectivity index is 1.53. The minimum atomic E-state index is -0.678. The Morgan fingerprint density at radius 1 is 1.12 bits per heavy atom. The Morgan fingerprint density at radius 2 is 1.88 bits per heavy atom. The quantitative estimate of drug-likeness (QED) is 0.426. The first-order chi connectivity index (χ1) is 16.5. The molecule has 4 rings (SSSR count). The predicted molar refractivity (Wildman–Crippen MR) is 128 cm³/mol. The van der Waals surface area contributed by atoms with Crippen LogP contribution in [0.3, 0.4) is 0 Å². The second-order valence-electron chi connectivity index (χ2n) is 8.67. The molecule has 34 heavy (non-hydrogen) atoms. The third-order valence-corrected chi connectivity index (χ3v) is 6.21. The molecule has 1 fully saturated rings. The average Bonchev–Trinajstić information content (AvgIpc) is 3.38. The predicted octanol–water partition coefficient (Wildman–Crippen LogP) is 4.65. The molecule has 1 aliphatic carbocycles. The van der Waals surface area contributed by atoms with Crippen molar-refractivity contribution in [1.29, 1.82) is 0 Å². The highest BCUT2D eigenvalue weighted by Crippen LogP contribution is 2.28. The van der Waals surface area contributed by atoms with Crippen molar-refractivity contribution in [3.63, 3.8) is 0 Å². The first kappa shape index (κ1) is 23.7. The second kappa shape index (κ2) is 11.1. The summed E-state index contributed by atoms with van der Waals surface area (Å²) in [5.41, 5.74) is 0.237. The van der Waals surface area contributed by atoms with Gasteiger partial charge in [-0.05, 0) is 30.5 Å².